The average Bonchev–Trinajstić information content (AvgIpc) is 2.92. The van der Waals surface area contributed by atoms with Gasteiger partial charge in [-0.1, -0.05) is 11.6 Å². The van der Waals surface area contributed by atoms with Gasteiger partial charge in [0.05, 0.1) is 12.2 Å². The van der Waals surface area contributed by atoms with Gasteiger partial charge in [-0.3, -0.25) is 0 Å². The van der Waals surface area contributed by atoms with Crippen LogP contribution in [0.1, 0.15) is 24.0 Å². The van der Waals surface area contributed by atoms with E-state index in [9.17, 15) is 0 Å². The molecule has 4 nitrogen and oxygen atoms in total. The Balaban J connectivity index is 2.10. The van der Waals surface area contributed by atoms with Crippen molar-refractivity contribution in [2.45, 2.75) is 31.5 Å². The topological polar surface area (TPSA) is 61.0 Å². The Labute approximate surface area is 86.4 Å². The predicted molar refractivity (Wildman–Crippen MR) is 51.9 cm³/mol. The molecule has 1 aromatic heterocycles. The summed E-state index contributed by atoms with van der Waals surface area (Å²) < 4.78 is 5.73. The highest BCUT2D eigenvalue weighted by atomic mass is 35.5. The number of nitrogens with zero attached hydrogens (tertiary/aromatic N) is 2. The maximum Gasteiger partial charge on any atom is 0.157 e. The van der Waals surface area contributed by atoms with Crippen molar-refractivity contribution < 1.29 is 4.74 Å². The maximum atomic E-state index is 5.92. The largest absolute Gasteiger partial charge is 0.382 e. The fourth-order valence-electron chi connectivity index (χ4n) is 1.90. The Hall–Kier alpha value is -0.870. The lowest BCUT2D eigenvalue weighted by molar-refractivity contribution is 0.00805. The van der Waals surface area contributed by atoms with Gasteiger partial charge in [-0.25, -0.2) is 0 Å². The average molecular weight is 212 g/mol. The zero-order chi connectivity index (χ0) is 9.76. The first kappa shape index (κ1) is 8.44. The van der Waals surface area contributed by atoms with Crippen LogP contribution in [0.4, 0.5) is 5.82 Å². The third-order valence-corrected chi connectivity index (χ3v) is 3.30. The van der Waals surface area contributed by atoms with Crippen LogP contribution < -0.4 is 5.73 Å². The number of anilines is 1. The van der Waals surface area contributed by atoms with Gasteiger partial charge in [-0.15, -0.1) is 10.2 Å². The highest BCUT2D eigenvalue weighted by molar-refractivity contribution is 6.30. The summed E-state index contributed by atoms with van der Waals surface area (Å²) in [6.07, 6.45) is 3.07. The van der Waals surface area contributed by atoms with Crippen molar-refractivity contribution in [1.29, 1.82) is 0 Å². The van der Waals surface area contributed by atoms with E-state index in [2.05, 4.69) is 10.2 Å². The van der Waals surface area contributed by atoms with E-state index < -0.39 is 0 Å². The summed E-state index contributed by atoms with van der Waals surface area (Å²) in [6.45, 7) is 0.522. The van der Waals surface area contributed by atoms with Gasteiger partial charge in [0.25, 0.3) is 0 Å². The van der Waals surface area contributed by atoms with Crippen LogP contribution in [0.25, 0.3) is 0 Å². The molecule has 1 aliphatic heterocycles. The highest BCUT2D eigenvalue weighted by Gasteiger charge is 2.47. The second-order valence-corrected chi connectivity index (χ2v) is 4.34. The number of aromatic nitrogens is 2. The first-order valence-electron chi connectivity index (χ1n) is 4.64. The standard InChI is InChI=1S/C9H10ClN3O/c10-7-6-4-14-9(1-2-9)3-5(6)8(11)13-12-7/h1-4H2,(H2,11,13). The van der Waals surface area contributed by atoms with Crippen LogP contribution in [-0.4, -0.2) is 15.8 Å². The van der Waals surface area contributed by atoms with Crippen molar-refractivity contribution in [2.75, 3.05) is 5.73 Å². The molecule has 0 bridgehead atoms. The lowest BCUT2D eigenvalue weighted by Gasteiger charge is -2.25. The molecule has 0 atom stereocenters. The number of hydrogen-bond acceptors (Lipinski definition) is 4. The van der Waals surface area contributed by atoms with E-state index in [0.29, 0.717) is 17.6 Å². The first-order valence-corrected chi connectivity index (χ1v) is 5.01. The summed E-state index contributed by atoms with van der Waals surface area (Å²) in [6, 6.07) is 0. The summed E-state index contributed by atoms with van der Waals surface area (Å²) in [7, 11) is 0. The van der Waals surface area contributed by atoms with E-state index in [0.717, 1.165) is 30.4 Å². The van der Waals surface area contributed by atoms with Gasteiger partial charge < -0.3 is 10.5 Å². The number of ether oxygens (including phenoxy) is 1. The fourth-order valence-corrected chi connectivity index (χ4v) is 2.11. The molecule has 1 aliphatic carbocycles. The molecular weight excluding hydrogens is 202 g/mol. The van der Waals surface area contributed by atoms with Gasteiger partial charge in [-0.05, 0) is 12.8 Å². The molecule has 0 unspecified atom stereocenters. The Morgan fingerprint density at radius 3 is 2.79 bits per heavy atom. The molecular formula is C9H10ClN3O. The van der Waals surface area contributed by atoms with E-state index in [4.69, 9.17) is 22.1 Å². The van der Waals surface area contributed by atoms with Crippen molar-refractivity contribution >= 4 is 17.4 Å². The smallest absolute Gasteiger partial charge is 0.157 e. The number of hydrogen-bond donors (Lipinski definition) is 1. The van der Waals surface area contributed by atoms with Crippen molar-refractivity contribution in [2.24, 2.45) is 0 Å². The molecule has 0 amide bonds. The van der Waals surface area contributed by atoms with E-state index in [1.165, 1.54) is 0 Å². The molecule has 3 rings (SSSR count). The molecule has 2 N–H and O–H groups in total. The second kappa shape index (κ2) is 2.58. The molecule has 1 spiro atoms. The zero-order valence-corrected chi connectivity index (χ0v) is 8.34. The normalized spacial score (nSPS) is 22.1. The third-order valence-electron chi connectivity index (χ3n) is 3.00. The second-order valence-electron chi connectivity index (χ2n) is 3.98. The van der Waals surface area contributed by atoms with Crippen LogP contribution in [0.2, 0.25) is 5.15 Å². The van der Waals surface area contributed by atoms with E-state index >= 15 is 0 Å². The third kappa shape index (κ3) is 1.11. The lowest BCUT2D eigenvalue weighted by atomic mass is 10.00. The summed E-state index contributed by atoms with van der Waals surface area (Å²) in [5, 5.41) is 8.02. The van der Waals surface area contributed by atoms with E-state index in [1.54, 1.807) is 0 Å². The molecule has 2 heterocycles. The summed E-state index contributed by atoms with van der Waals surface area (Å²) >= 11 is 5.92. The zero-order valence-electron chi connectivity index (χ0n) is 7.59. The Morgan fingerprint density at radius 2 is 2.07 bits per heavy atom. The fraction of sp³-hybridized carbons (Fsp3) is 0.556. The predicted octanol–water partition coefficient (Wildman–Crippen LogP) is 1.32. The van der Waals surface area contributed by atoms with E-state index in [1.807, 2.05) is 0 Å². The number of nitrogen functional groups attached to an aromatic ring is 1. The van der Waals surface area contributed by atoms with Crippen LogP contribution in [-0.2, 0) is 17.8 Å². The molecule has 1 saturated carbocycles. The van der Waals surface area contributed by atoms with Gasteiger partial charge in [0.2, 0.25) is 0 Å². The quantitative estimate of drug-likeness (QED) is 0.703. The highest BCUT2D eigenvalue weighted by Crippen LogP contribution is 2.47. The molecule has 0 saturated heterocycles. The molecule has 5 heteroatoms. The first-order chi connectivity index (χ1) is 6.70. The van der Waals surface area contributed by atoms with Crippen LogP contribution in [0.5, 0.6) is 0 Å². The number of halogens is 1. The minimum atomic E-state index is 0.0491. The van der Waals surface area contributed by atoms with Gasteiger partial charge in [-0.2, -0.15) is 0 Å². The van der Waals surface area contributed by atoms with Gasteiger partial charge >= 0.3 is 0 Å². The van der Waals surface area contributed by atoms with E-state index in [-0.39, 0.29) is 5.60 Å². The van der Waals surface area contributed by atoms with Crippen molar-refractivity contribution in [1.82, 2.24) is 10.2 Å². The Bertz CT molecular complexity index is 403. The number of nitrogens with two attached hydrogens (primary N) is 1. The molecule has 74 valence electrons. The van der Waals surface area contributed by atoms with Crippen molar-refractivity contribution in [3.63, 3.8) is 0 Å². The van der Waals surface area contributed by atoms with Gasteiger partial charge in [0.1, 0.15) is 5.82 Å². The van der Waals surface area contributed by atoms with Crippen molar-refractivity contribution in [3.8, 4) is 0 Å². The van der Waals surface area contributed by atoms with Crippen LogP contribution in [0.15, 0.2) is 0 Å². The SMILES string of the molecule is Nc1nnc(Cl)c2c1CC1(CC1)OC2. The molecule has 2 aliphatic rings. The lowest BCUT2D eigenvalue weighted by Crippen LogP contribution is -2.26. The van der Waals surface area contributed by atoms with Crippen molar-refractivity contribution in [3.05, 3.63) is 16.3 Å². The van der Waals surface area contributed by atoms with Gasteiger partial charge in [0, 0.05) is 17.5 Å². The number of rotatable bonds is 0. The molecule has 14 heavy (non-hydrogen) atoms. The Morgan fingerprint density at radius 1 is 1.29 bits per heavy atom. The molecule has 1 fully saturated rings. The molecule has 0 aromatic carbocycles. The van der Waals surface area contributed by atoms with Gasteiger partial charge in [0.15, 0.2) is 5.15 Å². The van der Waals surface area contributed by atoms with Crippen LogP contribution in [0, 0.1) is 0 Å². The van der Waals surface area contributed by atoms with Crippen LogP contribution in [0.3, 0.4) is 0 Å². The monoisotopic (exact) mass is 211 g/mol. The number of fused-ring (bicyclic) bond motifs is 1. The maximum absolute atomic E-state index is 5.92. The van der Waals surface area contributed by atoms with Crippen LogP contribution >= 0.6 is 11.6 Å². The summed E-state index contributed by atoms with van der Waals surface area (Å²) in [4.78, 5) is 0. The minimum absolute atomic E-state index is 0.0491. The summed E-state index contributed by atoms with van der Waals surface area (Å²) in [5.41, 5.74) is 7.77. The molecule has 0 radical (unpaired) electrons. The minimum Gasteiger partial charge on any atom is -0.382 e. The summed E-state index contributed by atoms with van der Waals surface area (Å²) in [5.74, 6) is 0.499. The molecule has 1 aromatic rings. The Kier molecular flexibility index (Phi) is 1.56.